The Kier molecular flexibility index (Phi) is 6.11. The van der Waals surface area contributed by atoms with E-state index in [0.29, 0.717) is 17.7 Å². The van der Waals surface area contributed by atoms with E-state index in [2.05, 4.69) is 33.0 Å². The first-order chi connectivity index (χ1) is 12.7. The third-order valence-electron chi connectivity index (χ3n) is 5.98. The lowest BCUT2D eigenvalue weighted by Crippen LogP contribution is -2.47. The molecule has 3 heterocycles. The van der Waals surface area contributed by atoms with Crippen molar-refractivity contribution < 1.29 is 4.79 Å². The molecule has 0 bridgehead atoms. The lowest BCUT2D eigenvalue weighted by Gasteiger charge is -2.40. The topological polar surface area (TPSA) is 75.9 Å². The molecule has 0 radical (unpaired) electrons. The summed E-state index contributed by atoms with van der Waals surface area (Å²) in [5, 5.41) is 15.3. The Morgan fingerprint density at radius 3 is 2.56 bits per heavy atom. The molecule has 146 valence electrons. The van der Waals surface area contributed by atoms with E-state index >= 15 is 0 Å². The second-order valence-electron chi connectivity index (χ2n) is 7.63. The molecule has 4 rings (SSSR count). The first-order valence-corrected chi connectivity index (χ1v) is 9.45. The minimum absolute atomic E-state index is 0. The molecule has 1 aromatic carbocycles. The Morgan fingerprint density at radius 2 is 1.96 bits per heavy atom. The number of benzene rings is 1. The van der Waals surface area contributed by atoms with E-state index in [0.717, 1.165) is 44.6 Å². The zero-order valence-electron chi connectivity index (χ0n) is 15.7. The molecule has 1 aromatic heterocycles. The third-order valence-corrected chi connectivity index (χ3v) is 5.98. The molecule has 27 heavy (non-hydrogen) atoms. The van der Waals surface area contributed by atoms with Crippen molar-refractivity contribution in [1.29, 1.82) is 0 Å². The number of likely N-dealkylation sites (tertiary alicyclic amines) is 1. The molecule has 1 amide bonds. The number of hydrogen-bond acceptors (Lipinski definition) is 5. The van der Waals surface area contributed by atoms with Crippen molar-refractivity contribution >= 4 is 18.3 Å². The normalized spacial score (nSPS) is 19.7. The second-order valence-corrected chi connectivity index (χ2v) is 7.63. The Morgan fingerprint density at radius 1 is 1.22 bits per heavy atom. The lowest BCUT2D eigenvalue weighted by molar-refractivity contribution is -0.137. The fourth-order valence-corrected chi connectivity index (χ4v) is 4.28. The third kappa shape index (κ3) is 4.14. The van der Waals surface area contributed by atoms with Crippen LogP contribution in [0.1, 0.15) is 36.7 Å². The quantitative estimate of drug-likeness (QED) is 0.861. The first-order valence-electron chi connectivity index (χ1n) is 9.45. The zero-order chi connectivity index (χ0) is 18.0. The van der Waals surface area contributed by atoms with Gasteiger partial charge in [0.2, 0.25) is 5.91 Å². The summed E-state index contributed by atoms with van der Waals surface area (Å²) < 4.78 is 1.68. The van der Waals surface area contributed by atoms with E-state index in [1.807, 2.05) is 30.0 Å². The number of carbonyl (C=O) groups is 1. The predicted octanol–water partition coefficient (Wildman–Crippen LogP) is 1.79. The van der Waals surface area contributed by atoms with Crippen LogP contribution in [0.15, 0.2) is 30.3 Å². The summed E-state index contributed by atoms with van der Waals surface area (Å²) in [6.07, 6.45) is 4.00. The number of nitrogens with zero attached hydrogens (tertiary/aromatic N) is 5. The van der Waals surface area contributed by atoms with Gasteiger partial charge in [-0.2, -0.15) is 0 Å². The van der Waals surface area contributed by atoms with Gasteiger partial charge in [0.25, 0.3) is 0 Å². The van der Waals surface area contributed by atoms with E-state index in [1.54, 1.807) is 4.68 Å². The Balaban J connectivity index is 0.00000210. The smallest absolute Gasteiger partial charge is 0.247 e. The molecule has 8 heteroatoms. The molecule has 2 fully saturated rings. The fraction of sp³-hybridized carbons (Fsp3) is 0.579. The monoisotopic (exact) mass is 390 g/mol. The van der Waals surface area contributed by atoms with Gasteiger partial charge in [0.15, 0.2) is 0 Å². The maximum atomic E-state index is 13.4. The number of carbonyl (C=O) groups excluding carboxylic acids is 1. The van der Waals surface area contributed by atoms with Crippen LogP contribution in [0.2, 0.25) is 0 Å². The number of hydrogen-bond donors (Lipinski definition) is 1. The van der Waals surface area contributed by atoms with Gasteiger partial charge in [0.05, 0.1) is 0 Å². The van der Waals surface area contributed by atoms with E-state index in [1.165, 1.54) is 6.42 Å². The summed E-state index contributed by atoms with van der Waals surface area (Å²) in [5.74, 6) is 0.804. The summed E-state index contributed by atoms with van der Waals surface area (Å²) in [4.78, 5) is 15.4. The van der Waals surface area contributed by atoms with Crippen LogP contribution in [0.3, 0.4) is 0 Å². The molecule has 1 spiro atoms. The van der Waals surface area contributed by atoms with Crippen LogP contribution in [0.4, 0.5) is 0 Å². The minimum atomic E-state index is -0.386. The molecule has 0 aliphatic carbocycles. The highest BCUT2D eigenvalue weighted by Gasteiger charge is 2.39. The number of nitrogens with one attached hydrogen (secondary N) is 1. The number of piperidine rings is 1. The Bertz CT molecular complexity index is 749. The van der Waals surface area contributed by atoms with Crippen molar-refractivity contribution in [3.8, 4) is 0 Å². The van der Waals surface area contributed by atoms with Crippen molar-refractivity contribution in [3.05, 3.63) is 41.7 Å². The van der Waals surface area contributed by atoms with Gasteiger partial charge in [-0.1, -0.05) is 30.3 Å². The average Bonchev–Trinajstić information content (AvgIpc) is 3.30. The highest BCUT2D eigenvalue weighted by molar-refractivity contribution is 5.85. The second kappa shape index (κ2) is 8.35. The number of tetrazole rings is 1. The minimum Gasteiger partial charge on any atom is -0.341 e. The Hall–Kier alpha value is -1.99. The summed E-state index contributed by atoms with van der Waals surface area (Å²) in [5.41, 5.74) is 1.52. The van der Waals surface area contributed by atoms with Gasteiger partial charge in [-0.05, 0) is 54.1 Å². The Labute approximate surface area is 165 Å². The largest absolute Gasteiger partial charge is 0.341 e. The molecule has 2 aromatic rings. The molecule has 2 aliphatic rings. The highest BCUT2D eigenvalue weighted by Crippen LogP contribution is 2.37. The molecule has 1 unspecified atom stereocenters. The van der Waals surface area contributed by atoms with Gasteiger partial charge in [0, 0.05) is 26.1 Å². The molecule has 1 atom stereocenters. The lowest BCUT2D eigenvalue weighted by atomic mass is 9.77. The van der Waals surface area contributed by atoms with Crippen molar-refractivity contribution in [3.63, 3.8) is 0 Å². The van der Waals surface area contributed by atoms with Gasteiger partial charge in [0.1, 0.15) is 11.9 Å². The van der Waals surface area contributed by atoms with Crippen LogP contribution < -0.4 is 5.32 Å². The molecule has 2 saturated heterocycles. The standard InChI is InChI=1S/C19H26N6O.ClH/c1-15-21-22-23-25(15)17(13-16-5-3-2-4-6-16)18(26)24-11-8-19(9-12-24)7-10-20-14-19;/h2-6,17,20H,7-14H2,1H3;1H. The van der Waals surface area contributed by atoms with Crippen LogP contribution in [-0.2, 0) is 11.2 Å². The number of halogens is 1. The van der Waals surface area contributed by atoms with E-state index < -0.39 is 0 Å². The number of amides is 1. The van der Waals surface area contributed by atoms with Crippen molar-refractivity contribution in [1.82, 2.24) is 30.4 Å². The summed E-state index contributed by atoms with van der Waals surface area (Å²) in [6, 6.07) is 9.71. The number of rotatable bonds is 4. The summed E-state index contributed by atoms with van der Waals surface area (Å²) in [6.45, 7) is 5.70. The molecule has 0 saturated carbocycles. The average molecular weight is 391 g/mol. The van der Waals surface area contributed by atoms with Gasteiger partial charge in [-0.25, -0.2) is 4.68 Å². The zero-order valence-corrected chi connectivity index (χ0v) is 16.5. The molecular formula is C19H27ClN6O. The van der Waals surface area contributed by atoms with Crippen LogP contribution >= 0.6 is 12.4 Å². The maximum absolute atomic E-state index is 13.4. The van der Waals surface area contributed by atoms with Crippen molar-refractivity contribution in [2.45, 2.75) is 38.6 Å². The van der Waals surface area contributed by atoms with E-state index in [9.17, 15) is 4.79 Å². The SMILES string of the molecule is Cc1nnnn1C(Cc1ccccc1)C(=O)N1CCC2(CCNC2)CC1.Cl. The molecule has 7 nitrogen and oxygen atoms in total. The van der Waals surface area contributed by atoms with Crippen LogP contribution in [0, 0.1) is 12.3 Å². The van der Waals surface area contributed by atoms with Crippen LogP contribution in [0.5, 0.6) is 0 Å². The summed E-state index contributed by atoms with van der Waals surface area (Å²) >= 11 is 0. The van der Waals surface area contributed by atoms with Crippen LogP contribution in [-0.4, -0.2) is 57.2 Å². The van der Waals surface area contributed by atoms with Gasteiger partial charge < -0.3 is 10.2 Å². The molecule has 1 N–H and O–H groups in total. The summed E-state index contributed by atoms with van der Waals surface area (Å²) in [7, 11) is 0. The van der Waals surface area contributed by atoms with E-state index in [-0.39, 0.29) is 24.4 Å². The molecular weight excluding hydrogens is 364 g/mol. The fourth-order valence-electron chi connectivity index (χ4n) is 4.28. The van der Waals surface area contributed by atoms with Gasteiger partial charge in [-0.15, -0.1) is 17.5 Å². The van der Waals surface area contributed by atoms with Crippen LogP contribution in [0.25, 0.3) is 0 Å². The highest BCUT2D eigenvalue weighted by atomic mass is 35.5. The van der Waals surface area contributed by atoms with Gasteiger partial charge in [-0.3, -0.25) is 4.79 Å². The van der Waals surface area contributed by atoms with Gasteiger partial charge >= 0.3 is 0 Å². The molecule has 2 aliphatic heterocycles. The van der Waals surface area contributed by atoms with E-state index in [4.69, 9.17) is 0 Å². The predicted molar refractivity (Wildman–Crippen MR) is 105 cm³/mol. The first kappa shape index (κ1) is 19.8. The van der Waals surface area contributed by atoms with Crippen molar-refractivity contribution in [2.75, 3.05) is 26.2 Å². The maximum Gasteiger partial charge on any atom is 0.247 e. The number of aromatic nitrogens is 4. The number of aryl methyl sites for hydroxylation is 1. The van der Waals surface area contributed by atoms with Crippen molar-refractivity contribution in [2.24, 2.45) is 5.41 Å².